The van der Waals surface area contributed by atoms with Gasteiger partial charge in [0.05, 0.1) is 6.20 Å². The SMILES string of the molecule is CSCCC(N)Cc1cnn(C)c1. The van der Waals surface area contributed by atoms with Gasteiger partial charge in [0, 0.05) is 19.3 Å². The third kappa shape index (κ3) is 3.83. The Labute approximate surface area is 83.7 Å². The Morgan fingerprint density at radius 2 is 2.46 bits per heavy atom. The Morgan fingerprint density at radius 3 is 3.00 bits per heavy atom. The van der Waals surface area contributed by atoms with Crippen LogP contribution in [0.25, 0.3) is 0 Å². The Kier molecular flexibility index (Phi) is 4.32. The molecule has 0 aliphatic heterocycles. The Balaban J connectivity index is 2.31. The molecule has 0 aromatic carbocycles. The molecule has 1 aromatic rings. The molecule has 3 nitrogen and oxygen atoms in total. The van der Waals surface area contributed by atoms with Crippen LogP contribution >= 0.6 is 11.8 Å². The van der Waals surface area contributed by atoms with E-state index in [4.69, 9.17) is 5.73 Å². The second kappa shape index (κ2) is 5.29. The van der Waals surface area contributed by atoms with Crippen molar-refractivity contribution < 1.29 is 0 Å². The zero-order chi connectivity index (χ0) is 9.68. The summed E-state index contributed by atoms with van der Waals surface area (Å²) < 4.78 is 1.82. The van der Waals surface area contributed by atoms with Crippen LogP contribution in [0.5, 0.6) is 0 Å². The molecule has 2 N–H and O–H groups in total. The van der Waals surface area contributed by atoms with Crippen LogP contribution in [-0.2, 0) is 13.5 Å². The molecule has 0 amide bonds. The summed E-state index contributed by atoms with van der Waals surface area (Å²) >= 11 is 1.84. The Morgan fingerprint density at radius 1 is 1.69 bits per heavy atom. The second-order valence-corrected chi connectivity index (χ2v) is 4.25. The van der Waals surface area contributed by atoms with Crippen molar-refractivity contribution in [3.05, 3.63) is 18.0 Å². The van der Waals surface area contributed by atoms with E-state index in [1.807, 2.05) is 35.9 Å². The molecular weight excluding hydrogens is 182 g/mol. The van der Waals surface area contributed by atoms with Crippen molar-refractivity contribution in [1.29, 1.82) is 0 Å². The summed E-state index contributed by atoms with van der Waals surface area (Å²) in [5.41, 5.74) is 7.18. The Hall–Kier alpha value is -0.480. The summed E-state index contributed by atoms with van der Waals surface area (Å²) in [6, 6.07) is 0.275. The predicted molar refractivity (Wildman–Crippen MR) is 57.9 cm³/mol. The summed E-state index contributed by atoms with van der Waals surface area (Å²) in [6.07, 6.45) is 8.04. The van der Waals surface area contributed by atoms with Gasteiger partial charge < -0.3 is 5.73 Å². The smallest absolute Gasteiger partial charge is 0.0522 e. The zero-order valence-corrected chi connectivity index (χ0v) is 9.05. The number of hydrogen-bond acceptors (Lipinski definition) is 3. The molecule has 0 aliphatic carbocycles. The fourth-order valence-corrected chi connectivity index (χ4v) is 1.79. The standard InChI is InChI=1S/C9H17N3S/c1-12-7-8(6-11-12)5-9(10)3-4-13-2/h6-7,9H,3-5,10H2,1-2H3. The number of thioether (sulfide) groups is 1. The molecule has 1 atom stereocenters. The van der Waals surface area contributed by atoms with E-state index < -0.39 is 0 Å². The first kappa shape index (κ1) is 10.6. The molecule has 1 unspecified atom stereocenters. The minimum Gasteiger partial charge on any atom is -0.327 e. The molecule has 0 radical (unpaired) electrons. The fourth-order valence-electron chi connectivity index (χ4n) is 1.25. The minimum absolute atomic E-state index is 0.275. The summed E-state index contributed by atoms with van der Waals surface area (Å²) in [5, 5.41) is 4.11. The van der Waals surface area contributed by atoms with E-state index in [0.29, 0.717) is 0 Å². The average molecular weight is 199 g/mol. The molecule has 1 rings (SSSR count). The lowest BCUT2D eigenvalue weighted by Gasteiger charge is -2.08. The monoisotopic (exact) mass is 199 g/mol. The molecule has 0 saturated heterocycles. The number of nitrogens with two attached hydrogens (primary N) is 1. The van der Waals surface area contributed by atoms with Crippen molar-refractivity contribution in [2.75, 3.05) is 12.0 Å². The topological polar surface area (TPSA) is 43.8 Å². The molecule has 0 saturated carbocycles. The quantitative estimate of drug-likeness (QED) is 0.770. The van der Waals surface area contributed by atoms with Crippen molar-refractivity contribution in [2.45, 2.75) is 18.9 Å². The van der Waals surface area contributed by atoms with Gasteiger partial charge >= 0.3 is 0 Å². The van der Waals surface area contributed by atoms with Crippen molar-refractivity contribution in [3.8, 4) is 0 Å². The number of hydrogen-bond donors (Lipinski definition) is 1. The van der Waals surface area contributed by atoms with E-state index in [9.17, 15) is 0 Å². The first-order valence-electron chi connectivity index (χ1n) is 4.44. The van der Waals surface area contributed by atoms with Crippen molar-refractivity contribution in [3.63, 3.8) is 0 Å². The second-order valence-electron chi connectivity index (χ2n) is 3.27. The highest BCUT2D eigenvalue weighted by Crippen LogP contribution is 2.05. The van der Waals surface area contributed by atoms with Crippen LogP contribution in [0.4, 0.5) is 0 Å². The molecule has 0 spiro atoms. The van der Waals surface area contributed by atoms with E-state index in [2.05, 4.69) is 11.4 Å². The van der Waals surface area contributed by atoms with Crippen LogP contribution in [0.2, 0.25) is 0 Å². The van der Waals surface area contributed by atoms with Gasteiger partial charge in [-0.05, 0) is 30.4 Å². The first-order chi connectivity index (χ1) is 6.22. The normalized spacial score (nSPS) is 13.2. The predicted octanol–water partition coefficient (Wildman–Crippen LogP) is 1.04. The van der Waals surface area contributed by atoms with Crippen molar-refractivity contribution in [2.24, 2.45) is 12.8 Å². The van der Waals surface area contributed by atoms with Crippen LogP contribution in [0, 0.1) is 0 Å². The lowest BCUT2D eigenvalue weighted by atomic mass is 10.1. The van der Waals surface area contributed by atoms with Gasteiger partial charge in [0.1, 0.15) is 0 Å². The number of nitrogens with zero attached hydrogens (tertiary/aromatic N) is 2. The highest BCUT2D eigenvalue weighted by Gasteiger charge is 2.04. The fraction of sp³-hybridized carbons (Fsp3) is 0.667. The van der Waals surface area contributed by atoms with Gasteiger partial charge in [0.25, 0.3) is 0 Å². The maximum absolute atomic E-state index is 5.95. The molecular formula is C9H17N3S. The van der Waals surface area contributed by atoms with Gasteiger partial charge in [-0.1, -0.05) is 0 Å². The van der Waals surface area contributed by atoms with E-state index in [-0.39, 0.29) is 6.04 Å². The van der Waals surface area contributed by atoms with Gasteiger partial charge in [-0.2, -0.15) is 16.9 Å². The average Bonchev–Trinajstić information content (AvgIpc) is 2.48. The summed E-state index contributed by atoms with van der Waals surface area (Å²) in [7, 11) is 1.93. The molecule has 13 heavy (non-hydrogen) atoms. The summed E-state index contributed by atoms with van der Waals surface area (Å²) in [6.45, 7) is 0. The van der Waals surface area contributed by atoms with Gasteiger partial charge in [0.2, 0.25) is 0 Å². The van der Waals surface area contributed by atoms with Crippen LogP contribution in [-0.4, -0.2) is 27.8 Å². The molecule has 0 bridgehead atoms. The zero-order valence-electron chi connectivity index (χ0n) is 8.23. The van der Waals surface area contributed by atoms with Crippen LogP contribution < -0.4 is 5.73 Å². The van der Waals surface area contributed by atoms with Crippen LogP contribution in [0.15, 0.2) is 12.4 Å². The maximum Gasteiger partial charge on any atom is 0.0522 e. The van der Waals surface area contributed by atoms with E-state index in [1.54, 1.807) is 0 Å². The third-order valence-electron chi connectivity index (χ3n) is 1.95. The summed E-state index contributed by atoms with van der Waals surface area (Å²) in [5.74, 6) is 1.14. The lowest BCUT2D eigenvalue weighted by Crippen LogP contribution is -2.23. The minimum atomic E-state index is 0.275. The van der Waals surface area contributed by atoms with Gasteiger partial charge in [-0.25, -0.2) is 0 Å². The number of aryl methyl sites for hydroxylation is 1. The molecule has 1 aromatic heterocycles. The maximum atomic E-state index is 5.95. The molecule has 1 heterocycles. The van der Waals surface area contributed by atoms with Crippen molar-refractivity contribution >= 4 is 11.8 Å². The van der Waals surface area contributed by atoms with E-state index >= 15 is 0 Å². The molecule has 4 heteroatoms. The van der Waals surface area contributed by atoms with Gasteiger partial charge in [-0.3, -0.25) is 4.68 Å². The lowest BCUT2D eigenvalue weighted by molar-refractivity contribution is 0.651. The highest BCUT2D eigenvalue weighted by molar-refractivity contribution is 7.98. The van der Waals surface area contributed by atoms with E-state index in [0.717, 1.165) is 18.6 Å². The van der Waals surface area contributed by atoms with Crippen molar-refractivity contribution in [1.82, 2.24) is 9.78 Å². The van der Waals surface area contributed by atoms with Gasteiger partial charge in [-0.15, -0.1) is 0 Å². The first-order valence-corrected chi connectivity index (χ1v) is 5.84. The van der Waals surface area contributed by atoms with Gasteiger partial charge in [0.15, 0.2) is 0 Å². The molecule has 74 valence electrons. The van der Waals surface area contributed by atoms with E-state index in [1.165, 1.54) is 5.56 Å². The Bertz CT molecular complexity index is 247. The van der Waals surface area contributed by atoms with Crippen LogP contribution in [0.3, 0.4) is 0 Å². The van der Waals surface area contributed by atoms with Crippen LogP contribution in [0.1, 0.15) is 12.0 Å². The highest BCUT2D eigenvalue weighted by atomic mass is 32.2. The third-order valence-corrected chi connectivity index (χ3v) is 2.59. The molecule has 0 fully saturated rings. The molecule has 0 aliphatic rings. The summed E-state index contributed by atoms with van der Waals surface area (Å²) in [4.78, 5) is 0. The number of aromatic nitrogens is 2. The number of rotatable bonds is 5. The largest absolute Gasteiger partial charge is 0.327 e.